The van der Waals surface area contributed by atoms with Crippen LogP contribution in [0.1, 0.15) is 37.0 Å². The fourth-order valence-electron chi connectivity index (χ4n) is 2.81. The highest BCUT2D eigenvalue weighted by Crippen LogP contribution is 2.26. The zero-order valence-electron chi connectivity index (χ0n) is 14.5. The van der Waals surface area contributed by atoms with Crippen LogP contribution in [0.5, 0.6) is 0 Å². The van der Waals surface area contributed by atoms with Gasteiger partial charge in [-0.05, 0) is 12.1 Å². The number of rotatable bonds is 3. The second-order valence-electron chi connectivity index (χ2n) is 7.14. The number of piperazine rings is 1. The van der Waals surface area contributed by atoms with E-state index in [1.165, 1.54) is 5.01 Å². The normalized spacial score (nSPS) is 16.2. The molecule has 0 aromatic carbocycles. The Morgan fingerprint density at radius 3 is 2.62 bits per heavy atom. The van der Waals surface area contributed by atoms with E-state index in [0.717, 1.165) is 44.2 Å². The minimum atomic E-state index is 0.119. The molecular formula is C18H23N5S. The molecule has 1 fully saturated rings. The van der Waals surface area contributed by atoms with Crippen LogP contribution in [0.2, 0.25) is 0 Å². The monoisotopic (exact) mass is 341 g/mol. The Kier molecular flexibility index (Phi) is 4.83. The molecule has 24 heavy (non-hydrogen) atoms. The smallest absolute Gasteiger partial charge is 0.146 e. The van der Waals surface area contributed by atoms with Crippen LogP contribution in [0.4, 0.5) is 5.82 Å². The summed E-state index contributed by atoms with van der Waals surface area (Å²) in [7, 11) is 0. The molecule has 0 radical (unpaired) electrons. The first-order valence-electron chi connectivity index (χ1n) is 8.24. The van der Waals surface area contributed by atoms with Crippen molar-refractivity contribution in [3.05, 3.63) is 40.0 Å². The summed E-state index contributed by atoms with van der Waals surface area (Å²) in [6, 6.07) is 5.88. The Morgan fingerprint density at radius 2 is 2.00 bits per heavy atom. The van der Waals surface area contributed by atoms with Gasteiger partial charge in [0.15, 0.2) is 0 Å². The Hall–Kier alpha value is -1.97. The lowest BCUT2D eigenvalue weighted by Crippen LogP contribution is -2.46. The van der Waals surface area contributed by atoms with Crippen LogP contribution >= 0.6 is 11.3 Å². The van der Waals surface area contributed by atoms with Crippen LogP contribution < -0.4 is 4.90 Å². The molecule has 3 rings (SSSR count). The lowest BCUT2D eigenvalue weighted by Gasteiger charge is -2.35. The first-order valence-corrected chi connectivity index (χ1v) is 9.12. The van der Waals surface area contributed by atoms with Gasteiger partial charge in [0.25, 0.3) is 0 Å². The predicted octanol–water partition coefficient (Wildman–Crippen LogP) is 3.03. The number of thiazole rings is 1. The van der Waals surface area contributed by atoms with Gasteiger partial charge >= 0.3 is 0 Å². The maximum absolute atomic E-state index is 9.23. The topological polar surface area (TPSA) is 56.1 Å². The number of hydrogen-bond donors (Lipinski definition) is 0. The lowest BCUT2D eigenvalue weighted by molar-refractivity contribution is 0.246. The van der Waals surface area contributed by atoms with Crippen LogP contribution in [0, 0.1) is 11.3 Å². The van der Waals surface area contributed by atoms with Crippen LogP contribution in [0.15, 0.2) is 23.7 Å². The highest BCUT2D eigenvalue weighted by molar-refractivity contribution is 7.09. The molecule has 0 bridgehead atoms. The predicted molar refractivity (Wildman–Crippen MR) is 97.3 cm³/mol. The van der Waals surface area contributed by atoms with Crippen molar-refractivity contribution >= 4 is 17.2 Å². The Labute approximate surface area is 147 Å². The van der Waals surface area contributed by atoms with Crippen molar-refractivity contribution in [1.82, 2.24) is 14.9 Å². The number of hydrogen-bond acceptors (Lipinski definition) is 6. The zero-order valence-corrected chi connectivity index (χ0v) is 15.3. The van der Waals surface area contributed by atoms with Crippen molar-refractivity contribution in [2.24, 2.45) is 0 Å². The summed E-state index contributed by atoms with van der Waals surface area (Å²) in [5.74, 6) is 0.809. The van der Waals surface area contributed by atoms with Crippen molar-refractivity contribution in [3.63, 3.8) is 0 Å². The van der Waals surface area contributed by atoms with Gasteiger partial charge in [0, 0.05) is 49.7 Å². The third-order valence-electron chi connectivity index (χ3n) is 4.16. The number of aromatic nitrogens is 2. The summed E-state index contributed by atoms with van der Waals surface area (Å²) < 4.78 is 0. The molecule has 2 aromatic heterocycles. The SMILES string of the molecule is CC(C)(C)c1nc(CN2CCN(c3ncccc3C#N)CC2)cs1. The van der Waals surface area contributed by atoms with Gasteiger partial charge in [-0.1, -0.05) is 20.8 Å². The van der Waals surface area contributed by atoms with Gasteiger partial charge in [-0.3, -0.25) is 4.90 Å². The van der Waals surface area contributed by atoms with Crippen molar-refractivity contribution in [1.29, 1.82) is 5.26 Å². The van der Waals surface area contributed by atoms with Crippen molar-refractivity contribution in [3.8, 4) is 6.07 Å². The molecule has 126 valence electrons. The number of nitriles is 1. The average molecular weight is 341 g/mol. The summed E-state index contributed by atoms with van der Waals surface area (Å²) in [5.41, 5.74) is 1.93. The molecule has 5 nitrogen and oxygen atoms in total. The quantitative estimate of drug-likeness (QED) is 0.859. The van der Waals surface area contributed by atoms with Gasteiger partial charge in [0.1, 0.15) is 11.9 Å². The maximum atomic E-state index is 9.23. The Bertz CT molecular complexity index is 732. The van der Waals surface area contributed by atoms with Crippen molar-refractivity contribution in [2.45, 2.75) is 32.7 Å². The molecule has 0 saturated carbocycles. The summed E-state index contributed by atoms with van der Waals surface area (Å²) in [6.07, 6.45) is 1.76. The second kappa shape index (κ2) is 6.88. The van der Waals surface area contributed by atoms with E-state index in [1.807, 2.05) is 12.1 Å². The molecule has 1 saturated heterocycles. The molecule has 0 spiro atoms. The largest absolute Gasteiger partial charge is 0.353 e. The lowest BCUT2D eigenvalue weighted by atomic mass is 9.98. The van der Waals surface area contributed by atoms with E-state index < -0.39 is 0 Å². The van der Waals surface area contributed by atoms with E-state index in [0.29, 0.717) is 5.56 Å². The Balaban J connectivity index is 1.60. The average Bonchev–Trinajstić information content (AvgIpc) is 3.04. The number of anilines is 1. The molecule has 0 atom stereocenters. The third-order valence-corrected chi connectivity index (χ3v) is 5.47. The molecule has 0 N–H and O–H groups in total. The van der Waals surface area contributed by atoms with Gasteiger partial charge in [0.05, 0.1) is 16.3 Å². The van der Waals surface area contributed by atoms with Crippen LogP contribution in [-0.2, 0) is 12.0 Å². The van der Waals surface area contributed by atoms with Gasteiger partial charge in [-0.15, -0.1) is 11.3 Å². The van der Waals surface area contributed by atoms with E-state index >= 15 is 0 Å². The van der Waals surface area contributed by atoms with E-state index in [4.69, 9.17) is 4.98 Å². The molecule has 2 aromatic rings. The van der Waals surface area contributed by atoms with Gasteiger partial charge in [-0.25, -0.2) is 9.97 Å². The first kappa shape index (κ1) is 16.9. The highest BCUT2D eigenvalue weighted by atomic mass is 32.1. The Morgan fingerprint density at radius 1 is 1.25 bits per heavy atom. The summed E-state index contributed by atoms with van der Waals surface area (Å²) in [6.45, 7) is 11.2. The fraction of sp³-hybridized carbons (Fsp3) is 0.500. The van der Waals surface area contributed by atoms with E-state index in [9.17, 15) is 5.26 Å². The fourth-order valence-corrected chi connectivity index (χ4v) is 3.71. The third kappa shape index (κ3) is 3.74. The van der Waals surface area contributed by atoms with Crippen molar-refractivity contribution < 1.29 is 0 Å². The standard InChI is InChI=1S/C18H23N5S/c1-18(2,3)17-21-15(13-24-17)12-22-7-9-23(10-8-22)16-14(11-19)5-4-6-20-16/h4-6,13H,7-10,12H2,1-3H3. The summed E-state index contributed by atoms with van der Waals surface area (Å²) >= 11 is 1.75. The van der Waals surface area contributed by atoms with Crippen LogP contribution in [0.3, 0.4) is 0 Å². The zero-order chi connectivity index (χ0) is 17.2. The maximum Gasteiger partial charge on any atom is 0.146 e. The van der Waals surface area contributed by atoms with Crippen LogP contribution in [-0.4, -0.2) is 41.0 Å². The van der Waals surface area contributed by atoms with Crippen molar-refractivity contribution in [2.75, 3.05) is 31.1 Å². The molecule has 1 aliphatic heterocycles. The number of pyridine rings is 1. The highest BCUT2D eigenvalue weighted by Gasteiger charge is 2.22. The molecule has 6 heteroatoms. The molecule has 0 amide bonds. The van der Waals surface area contributed by atoms with Crippen LogP contribution in [0.25, 0.3) is 0 Å². The van der Waals surface area contributed by atoms with Gasteiger partial charge in [-0.2, -0.15) is 5.26 Å². The molecule has 1 aliphatic rings. The minimum absolute atomic E-state index is 0.119. The first-order chi connectivity index (χ1) is 11.5. The van der Waals surface area contributed by atoms with E-state index in [-0.39, 0.29) is 5.41 Å². The summed E-state index contributed by atoms with van der Waals surface area (Å²) in [5, 5.41) is 12.6. The molecule has 3 heterocycles. The number of nitrogens with zero attached hydrogens (tertiary/aromatic N) is 5. The van der Waals surface area contributed by atoms with Gasteiger partial charge in [0.2, 0.25) is 0 Å². The molecule has 0 aliphatic carbocycles. The van der Waals surface area contributed by atoms with Gasteiger partial charge < -0.3 is 4.90 Å². The molecule has 0 unspecified atom stereocenters. The molecular weight excluding hydrogens is 318 g/mol. The second-order valence-corrected chi connectivity index (χ2v) is 8.00. The summed E-state index contributed by atoms with van der Waals surface area (Å²) in [4.78, 5) is 13.8. The van der Waals surface area contributed by atoms with E-state index in [2.05, 4.69) is 47.0 Å². The minimum Gasteiger partial charge on any atom is -0.353 e. The van der Waals surface area contributed by atoms with E-state index in [1.54, 1.807) is 17.5 Å².